The highest BCUT2D eigenvalue weighted by Crippen LogP contribution is 2.60. The van der Waals surface area contributed by atoms with Gasteiger partial charge in [0.25, 0.3) is 11.8 Å². The first-order valence-electron chi connectivity index (χ1n) is 21.1. The number of fused-ring (bicyclic) bond motifs is 5. The van der Waals surface area contributed by atoms with Crippen LogP contribution in [-0.4, -0.2) is 66.1 Å². The molecule has 60 heavy (non-hydrogen) atoms. The van der Waals surface area contributed by atoms with E-state index in [0.717, 1.165) is 29.5 Å². The van der Waals surface area contributed by atoms with Crippen LogP contribution in [0.15, 0.2) is 114 Å². The number of ether oxygens (including phenoxy) is 2. The van der Waals surface area contributed by atoms with Crippen LogP contribution in [0, 0.1) is 5.92 Å². The largest absolute Gasteiger partial charge is 0.454 e. The van der Waals surface area contributed by atoms with Crippen molar-refractivity contribution in [2.45, 2.75) is 96.3 Å². The van der Waals surface area contributed by atoms with Crippen LogP contribution in [0.25, 0.3) is 0 Å². The Morgan fingerprint density at radius 2 is 1.60 bits per heavy atom. The number of aliphatic hydroxyl groups is 1. The van der Waals surface area contributed by atoms with E-state index in [9.17, 15) is 19.5 Å². The lowest BCUT2D eigenvalue weighted by molar-refractivity contribution is -0.150. The molecule has 4 aromatic rings. The molecule has 11 heteroatoms. The number of para-hydroxylation sites is 3. The number of allylic oxidation sites excluding steroid dienone is 3. The Morgan fingerprint density at radius 1 is 0.900 bits per heavy atom. The summed E-state index contributed by atoms with van der Waals surface area (Å²) >= 11 is 0. The average Bonchev–Trinajstić information content (AvgIpc) is 3.60. The topological polar surface area (TPSA) is 120 Å². The van der Waals surface area contributed by atoms with Gasteiger partial charge in [-0.15, -0.1) is 0 Å². The molecule has 0 aliphatic carbocycles. The molecule has 0 unspecified atom stereocenters. The Morgan fingerprint density at radius 3 is 2.33 bits per heavy atom. The summed E-state index contributed by atoms with van der Waals surface area (Å²) in [6, 6.07) is 27.7. The van der Waals surface area contributed by atoms with Crippen LogP contribution in [0.5, 0.6) is 11.5 Å². The lowest BCUT2D eigenvalue weighted by atomic mass is 9.82. The van der Waals surface area contributed by atoms with Gasteiger partial charge in [-0.25, -0.2) is 0 Å². The number of anilines is 3. The van der Waals surface area contributed by atoms with E-state index in [4.69, 9.17) is 9.47 Å². The van der Waals surface area contributed by atoms with Crippen LogP contribution >= 0.6 is 0 Å². The molecule has 0 saturated carbocycles. The molecule has 0 bridgehead atoms. The number of hydrogen-bond donors (Lipinski definition) is 2. The van der Waals surface area contributed by atoms with E-state index < -0.39 is 37.5 Å². The van der Waals surface area contributed by atoms with Gasteiger partial charge in [-0.2, -0.15) is 0 Å². The number of benzene rings is 4. The molecule has 1 saturated heterocycles. The molecule has 4 heterocycles. The fourth-order valence-corrected chi connectivity index (χ4v) is 12.5. The molecule has 5 atom stereocenters. The number of amides is 3. The molecule has 8 rings (SSSR count). The van der Waals surface area contributed by atoms with E-state index in [-0.39, 0.29) is 30.7 Å². The monoisotopic (exact) mass is 825 g/mol. The number of nitrogens with zero attached hydrogens (tertiary/aromatic N) is 3. The van der Waals surface area contributed by atoms with Crippen molar-refractivity contribution in [1.82, 2.24) is 4.90 Å². The van der Waals surface area contributed by atoms with Crippen molar-refractivity contribution < 1.29 is 33.8 Å². The molecule has 0 aromatic heterocycles. The summed E-state index contributed by atoms with van der Waals surface area (Å²) in [6.45, 7) is 12.4. The predicted molar refractivity (Wildman–Crippen MR) is 236 cm³/mol. The molecule has 1 fully saturated rings. The Balaban J connectivity index is 1.22. The lowest BCUT2D eigenvalue weighted by Gasteiger charge is -2.37. The van der Waals surface area contributed by atoms with E-state index in [1.807, 2.05) is 92.8 Å². The van der Waals surface area contributed by atoms with Gasteiger partial charge in [0.15, 0.2) is 19.7 Å². The molecule has 3 amide bonds. The fourth-order valence-electron chi connectivity index (χ4n) is 9.92. The number of carbonyl (C=O) groups excluding carboxylic acids is 3. The van der Waals surface area contributed by atoms with E-state index >= 15 is 4.79 Å². The van der Waals surface area contributed by atoms with Gasteiger partial charge in [-0.05, 0) is 107 Å². The van der Waals surface area contributed by atoms with Crippen molar-refractivity contribution in [1.29, 1.82) is 0 Å². The lowest BCUT2D eigenvalue weighted by Crippen LogP contribution is -2.48. The standard InChI is InChI=1S/C49H55N3O7Si/c1-31(2)14-13-15-32(3)24-25-50-40-23-22-36(52-41-19-10-12-21-43(41)58-42-20-11-9-18-38(42)47(52)55)27-39(40)49(48(50)56)33(4)46(60(5,6)57)44(59-49)28-45(54)51-29-35-17-8-7-16-34(35)26-37(51)30-53/h7-12,14,16-24,27,33,37,44,46,53,57H,13,15,25-26,28-30H2,1-6H3/b32-24+/t33-,37+,44+,46-,49+/m1/s1. The van der Waals surface area contributed by atoms with Gasteiger partial charge in [0.2, 0.25) is 5.91 Å². The summed E-state index contributed by atoms with van der Waals surface area (Å²) in [5.41, 5.74) is 5.21. The Bertz CT molecular complexity index is 2400. The minimum absolute atomic E-state index is 0.0653. The van der Waals surface area contributed by atoms with Crippen molar-refractivity contribution in [3.63, 3.8) is 0 Å². The zero-order valence-corrected chi connectivity index (χ0v) is 36.4. The molecule has 4 aliphatic heterocycles. The first-order chi connectivity index (χ1) is 28.7. The second-order valence-electron chi connectivity index (χ2n) is 17.6. The van der Waals surface area contributed by atoms with E-state index in [1.54, 1.807) is 32.9 Å². The van der Waals surface area contributed by atoms with Crippen molar-refractivity contribution in [3.05, 3.63) is 137 Å². The van der Waals surface area contributed by atoms with Crippen LogP contribution in [-0.2, 0) is 32.9 Å². The van der Waals surface area contributed by atoms with Crippen LogP contribution in [0.2, 0.25) is 18.6 Å². The quantitative estimate of drug-likeness (QED) is 0.121. The maximum atomic E-state index is 15.4. The van der Waals surface area contributed by atoms with Gasteiger partial charge < -0.3 is 29.2 Å². The Kier molecular flexibility index (Phi) is 11.2. The van der Waals surface area contributed by atoms with E-state index in [0.29, 0.717) is 59.2 Å². The minimum atomic E-state index is -3.14. The smallest absolute Gasteiger partial charge is 0.266 e. The van der Waals surface area contributed by atoms with Crippen LogP contribution in [0.1, 0.15) is 74.0 Å². The summed E-state index contributed by atoms with van der Waals surface area (Å²) < 4.78 is 13.5. The second-order valence-corrected chi connectivity index (χ2v) is 21.6. The normalized spacial score (nSPS) is 23.5. The van der Waals surface area contributed by atoms with Gasteiger partial charge in [0.1, 0.15) is 5.75 Å². The summed E-state index contributed by atoms with van der Waals surface area (Å²) in [5.74, 6) is -0.322. The van der Waals surface area contributed by atoms with Gasteiger partial charge in [0, 0.05) is 35.8 Å². The molecule has 10 nitrogen and oxygen atoms in total. The van der Waals surface area contributed by atoms with Crippen molar-refractivity contribution in [2.75, 3.05) is 23.0 Å². The van der Waals surface area contributed by atoms with Gasteiger partial charge in [0.05, 0.1) is 42.1 Å². The van der Waals surface area contributed by atoms with Crippen LogP contribution in [0.3, 0.4) is 0 Å². The molecule has 0 radical (unpaired) electrons. The zero-order valence-electron chi connectivity index (χ0n) is 35.4. The Hall–Kier alpha value is -5.33. The molecule has 4 aliphatic rings. The Labute approximate surface area is 353 Å². The predicted octanol–water partition coefficient (Wildman–Crippen LogP) is 8.94. The first-order valence-corrected chi connectivity index (χ1v) is 24.1. The molecule has 312 valence electrons. The number of rotatable bonds is 10. The third-order valence-corrected chi connectivity index (χ3v) is 15.4. The zero-order chi connectivity index (χ0) is 42.5. The van der Waals surface area contributed by atoms with Crippen molar-refractivity contribution in [2.24, 2.45) is 5.92 Å². The third-order valence-electron chi connectivity index (χ3n) is 12.8. The van der Waals surface area contributed by atoms with Gasteiger partial charge in [-0.1, -0.05) is 78.8 Å². The average molecular weight is 826 g/mol. The number of carbonyl (C=O) groups is 3. The second kappa shape index (κ2) is 16.3. The molecule has 2 N–H and O–H groups in total. The van der Waals surface area contributed by atoms with Crippen LogP contribution in [0.4, 0.5) is 17.1 Å². The summed E-state index contributed by atoms with van der Waals surface area (Å²) in [4.78, 5) is 61.6. The maximum Gasteiger partial charge on any atom is 0.266 e. The number of hydrogen-bond acceptors (Lipinski definition) is 7. The van der Waals surface area contributed by atoms with Gasteiger partial charge >= 0.3 is 0 Å². The maximum absolute atomic E-state index is 15.4. The molecule has 1 spiro atoms. The highest BCUT2D eigenvalue weighted by molar-refractivity contribution is 6.71. The first kappa shape index (κ1) is 41.4. The minimum Gasteiger partial charge on any atom is -0.454 e. The molecular weight excluding hydrogens is 771 g/mol. The van der Waals surface area contributed by atoms with Crippen LogP contribution < -0.4 is 14.5 Å². The highest BCUT2D eigenvalue weighted by atomic mass is 28.4. The van der Waals surface area contributed by atoms with Gasteiger partial charge in [-0.3, -0.25) is 19.3 Å². The van der Waals surface area contributed by atoms with Crippen molar-refractivity contribution in [3.8, 4) is 11.5 Å². The highest BCUT2D eigenvalue weighted by Gasteiger charge is 2.66. The van der Waals surface area contributed by atoms with E-state index in [2.05, 4.69) is 32.9 Å². The molecular formula is C49H55N3O7Si. The third kappa shape index (κ3) is 7.31. The summed E-state index contributed by atoms with van der Waals surface area (Å²) in [7, 11) is -3.14. The van der Waals surface area contributed by atoms with Crippen molar-refractivity contribution >= 4 is 43.1 Å². The number of aliphatic hydroxyl groups excluding tert-OH is 1. The summed E-state index contributed by atoms with van der Waals surface area (Å²) in [5, 5.41) is 10.5. The fraction of sp³-hybridized carbons (Fsp3) is 0.367. The SMILES string of the molecule is CC(C)=CCC/C(C)=C/CN1C(=O)[C@@]2(O[C@@H](CC(=O)N3Cc4ccccc4C[C@H]3CO)[C@H]([Si](C)(C)O)[C@H]2C)c2cc(N3C(=O)c4ccccc4Oc4ccccc43)ccc21. The summed E-state index contributed by atoms with van der Waals surface area (Å²) in [6.07, 6.45) is 5.71. The van der Waals surface area contributed by atoms with E-state index in [1.165, 1.54) is 5.57 Å². The molecule has 4 aromatic carbocycles.